The molecule has 5 aromatic heterocycles. The number of benzene rings is 5. The second kappa shape index (κ2) is 30.8. The Bertz CT molecular complexity index is 3960. The summed E-state index contributed by atoms with van der Waals surface area (Å²) < 4.78 is 41.9. The molecule has 86 heavy (non-hydrogen) atoms. The Balaban J connectivity index is 0.000000180. The fraction of sp³-hybridized carbons (Fsp3) is 0.321. The summed E-state index contributed by atoms with van der Waals surface area (Å²) in [7, 11) is 10.3. The SMILES string of the molecule is Cc1c[n+](C)c(-c2ccccc2)cc1C(C)C.Cc1ccc(C)c(-c2cccc[n+]2C)c1.Cc1ccccc1-c1cc(C)c(C(C)C)c[n+]1C.Cc1ccccc1-c1cc(C)c(C(C)C)c[n+]1C.[2H]C([2H])([2H])C([2H])(C)c1c[n+](C)c(-c2ccccc2C)cc1C. The molecule has 1 unspecified atom stereocenters. The van der Waals surface area contributed by atoms with Crippen molar-refractivity contribution in [1.29, 1.82) is 0 Å². The molecular weight excluding hydrogens is 1040 g/mol. The third-order valence-corrected chi connectivity index (χ3v) is 16.4. The molecule has 5 nitrogen and oxygen atoms in total. The van der Waals surface area contributed by atoms with Gasteiger partial charge < -0.3 is 0 Å². The highest BCUT2D eigenvalue weighted by atomic mass is 14.9. The summed E-state index contributed by atoms with van der Waals surface area (Å²) in [6.45, 7) is 31.7. The van der Waals surface area contributed by atoms with E-state index in [0.717, 1.165) is 22.4 Å². The Morgan fingerprint density at radius 1 is 0.302 bits per heavy atom. The Hall–Kier alpha value is -8.15. The van der Waals surface area contributed by atoms with E-state index in [1.54, 1.807) is 6.20 Å². The molecule has 0 spiro atoms. The third-order valence-electron chi connectivity index (χ3n) is 16.4. The van der Waals surface area contributed by atoms with Crippen molar-refractivity contribution in [1.82, 2.24) is 0 Å². The van der Waals surface area contributed by atoms with E-state index in [1.807, 2.05) is 42.8 Å². The minimum atomic E-state index is -2.37. The van der Waals surface area contributed by atoms with Gasteiger partial charge in [0.1, 0.15) is 35.2 Å². The summed E-state index contributed by atoms with van der Waals surface area (Å²) in [4.78, 5) is 0. The predicted molar refractivity (Wildman–Crippen MR) is 364 cm³/mol. The van der Waals surface area contributed by atoms with Crippen LogP contribution in [0.3, 0.4) is 0 Å². The van der Waals surface area contributed by atoms with Gasteiger partial charge in [0.25, 0.3) is 0 Å². The van der Waals surface area contributed by atoms with Crippen molar-refractivity contribution >= 4 is 0 Å². The van der Waals surface area contributed by atoms with Gasteiger partial charge in [0.05, 0.1) is 0 Å². The zero-order valence-electron chi connectivity index (χ0n) is 59.9. The Labute approximate surface area is 525 Å². The first-order valence-corrected chi connectivity index (χ1v) is 30.6. The predicted octanol–water partition coefficient (Wildman–Crippen LogP) is 18.2. The van der Waals surface area contributed by atoms with E-state index in [-0.39, 0.29) is 0 Å². The first-order chi connectivity index (χ1) is 42.3. The quantitative estimate of drug-likeness (QED) is 0.128. The average molecular weight is 1150 g/mol. The van der Waals surface area contributed by atoms with Gasteiger partial charge in [0.15, 0.2) is 31.0 Å². The molecule has 10 rings (SSSR count). The largest absolute Gasteiger partial charge is 0.212 e. The van der Waals surface area contributed by atoms with E-state index in [0.29, 0.717) is 23.3 Å². The van der Waals surface area contributed by atoms with Crippen LogP contribution < -0.4 is 22.8 Å². The summed E-state index contributed by atoms with van der Waals surface area (Å²) in [6.07, 6.45) is 10.6. The van der Waals surface area contributed by atoms with Gasteiger partial charge in [0, 0.05) is 92.0 Å². The summed E-state index contributed by atoms with van der Waals surface area (Å²) in [5.41, 5.74) is 28.7. The van der Waals surface area contributed by atoms with Crippen LogP contribution in [0.25, 0.3) is 56.3 Å². The second-order valence-corrected chi connectivity index (χ2v) is 24.5. The minimum Gasteiger partial charge on any atom is -0.201 e. The lowest BCUT2D eigenvalue weighted by Gasteiger charge is -2.11. The van der Waals surface area contributed by atoms with Gasteiger partial charge in [0.2, 0.25) is 28.5 Å². The van der Waals surface area contributed by atoms with Gasteiger partial charge in [-0.25, -0.2) is 22.8 Å². The van der Waals surface area contributed by atoms with Crippen LogP contribution in [0.15, 0.2) is 195 Å². The molecule has 5 heterocycles. The zero-order valence-corrected chi connectivity index (χ0v) is 55.9. The van der Waals surface area contributed by atoms with Crippen LogP contribution in [-0.4, -0.2) is 0 Å². The van der Waals surface area contributed by atoms with E-state index < -0.39 is 12.7 Å². The van der Waals surface area contributed by atoms with Gasteiger partial charge in [-0.2, -0.15) is 0 Å². The fourth-order valence-electron chi connectivity index (χ4n) is 11.4. The minimum absolute atomic E-state index is 0.535. The Morgan fingerprint density at radius 3 is 1.10 bits per heavy atom. The summed E-state index contributed by atoms with van der Waals surface area (Å²) in [5.74, 6) is 0.0851. The molecule has 0 saturated carbocycles. The van der Waals surface area contributed by atoms with E-state index in [4.69, 9.17) is 5.48 Å². The standard InChI is InChI=1S/3C17H22N.C16H20N.C14H16N/c3*1-12(2)16-11-18(5)17(10-14(16)4)15-9-7-6-8-13(15)3;1-12(2)15-10-16(17(4)11-13(15)3)14-8-6-5-7-9-14;1-11-7-8-12(2)13(10-11)14-6-4-5-9-15(14)3/h3*6-12H,1-5H3;5-12H,1-4H3;4-10H,1-3H3/q5*+1/i1D3,12D;;;;. The van der Waals surface area contributed by atoms with Crippen LogP contribution in [0, 0.1) is 62.3 Å². The number of nitrogens with zero attached hydrogens (tertiary/aromatic N) is 5. The van der Waals surface area contributed by atoms with Crippen molar-refractivity contribution in [3.63, 3.8) is 0 Å². The highest BCUT2D eigenvalue weighted by Crippen LogP contribution is 2.29. The normalized spacial score (nSPS) is 12.4. The lowest BCUT2D eigenvalue weighted by Crippen LogP contribution is -2.32. The van der Waals surface area contributed by atoms with E-state index in [2.05, 4.69) is 308 Å². The number of hydrogen-bond donors (Lipinski definition) is 0. The first kappa shape index (κ1) is 61.0. The molecule has 0 radical (unpaired) electrons. The van der Waals surface area contributed by atoms with Crippen molar-refractivity contribution in [3.05, 3.63) is 267 Å². The number of aryl methyl sites for hydroxylation is 14. The first-order valence-electron chi connectivity index (χ1n) is 32.6. The molecule has 10 aromatic rings. The monoisotopic (exact) mass is 1150 g/mol. The van der Waals surface area contributed by atoms with Gasteiger partial charge >= 0.3 is 0 Å². The van der Waals surface area contributed by atoms with Gasteiger partial charge in [-0.05, 0) is 173 Å². The maximum Gasteiger partial charge on any atom is 0.212 e. The molecule has 5 aromatic carbocycles. The summed E-state index contributed by atoms with van der Waals surface area (Å²) >= 11 is 0. The lowest BCUT2D eigenvalue weighted by molar-refractivity contribution is -0.661. The average Bonchev–Trinajstić information content (AvgIpc) is 1.40. The maximum atomic E-state index is 8.30. The molecule has 0 aliphatic heterocycles. The van der Waals surface area contributed by atoms with Crippen LogP contribution in [0.5, 0.6) is 0 Å². The third kappa shape index (κ3) is 17.3. The molecule has 0 aliphatic carbocycles. The summed E-state index contributed by atoms with van der Waals surface area (Å²) in [5, 5.41) is 0. The highest BCUT2D eigenvalue weighted by Gasteiger charge is 2.21. The summed E-state index contributed by atoms with van der Waals surface area (Å²) in [6, 6.07) is 57.5. The molecule has 0 saturated heterocycles. The topological polar surface area (TPSA) is 19.4 Å². The molecule has 0 N–H and O–H groups in total. The Kier molecular flexibility index (Phi) is 21.8. The molecule has 0 amide bonds. The molecule has 0 bridgehead atoms. The zero-order chi connectivity index (χ0) is 66.5. The number of pyridine rings is 5. The van der Waals surface area contributed by atoms with Crippen molar-refractivity contribution in [3.8, 4) is 56.3 Å². The van der Waals surface area contributed by atoms with Gasteiger partial charge in [-0.1, -0.05) is 146 Å². The van der Waals surface area contributed by atoms with E-state index in [9.17, 15) is 0 Å². The van der Waals surface area contributed by atoms with Gasteiger partial charge in [-0.3, -0.25) is 0 Å². The van der Waals surface area contributed by atoms with Crippen LogP contribution in [0.2, 0.25) is 0 Å². The van der Waals surface area contributed by atoms with Crippen molar-refractivity contribution in [2.45, 2.75) is 141 Å². The molecule has 0 fully saturated rings. The molecule has 446 valence electrons. The highest BCUT2D eigenvalue weighted by molar-refractivity contribution is 5.65. The Morgan fingerprint density at radius 2 is 0.686 bits per heavy atom. The van der Waals surface area contributed by atoms with E-state index >= 15 is 0 Å². The number of rotatable bonds is 9. The lowest BCUT2D eigenvalue weighted by atomic mass is 9.97. The van der Waals surface area contributed by atoms with Crippen LogP contribution >= 0.6 is 0 Å². The van der Waals surface area contributed by atoms with Crippen molar-refractivity contribution < 1.29 is 28.3 Å². The number of aromatic nitrogens is 5. The van der Waals surface area contributed by atoms with Gasteiger partial charge in [-0.15, -0.1) is 0 Å². The smallest absolute Gasteiger partial charge is 0.201 e. The van der Waals surface area contributed by atoms with Crippen LogP contribution in [0.4, 0.5) is 0 Å². The van der Waals surface area contributed by atoms with Crippen LogP contribution in [-0.2, 0) is 35.2 Å². The van der Waals surface area contributed by atoms with Crippen LogP contribution in [0.1, 0.15) is 157 Å². The molecule has 1 atom stereocenters. The second-order valence-electron chi connectivity index (χ2n) is 24.5. The van der Waals surface area contributed by atoms with Crippen molar-refractivity contribution in [2.75, 3.05) is 0 Å². The molecule has 0 aliphatic rings. The molecular formula is C81H102N5+5. The fourth-order valence-corrected chi connectivity index (χ4v) is 11.4. The molecule has 5 heteroatoms. The van der Waals surface area contributed by atoms with Crippen molar-refractivity contribution in [2.24, 2.45) is 35.2 Å². The van der Waals surface area contributed by atoms with E-state index in [1.165, 1.54) is 108 Å². The number of hydrogen-bond acceptors (Lipinski definition) is 0. The maximum absolute atomic E-state index is 8.30.